The van der Waals surface area contributed by atoms with Crippen molar-refractivity contribution in [3.05, 3.63) is 58.6 Å². The van der Waals surface area contributed by atoms with Crippen molar-refractivity contribution in [2.45, 2.75) is 13.8 Å². The Morgan fingerprint density at radius 2 is 2.05 bits per heavy atom. The maximum atomic E-state index is 11.5. The summed E-state index contributed by atoms with van der Waals surface area (Å²) in [4.78, 5) is 12.5. The van der Waals surface area contributed by atoms with Gasteiger partial charge in [0, 0.05) is 6.07 Å². The monoisotopic (exact) mass is 298 g/mol. The highest BCUT2D eigenvalue weighted by atomic mass is 32.1. The number of hydrogen-bond donors (Lipinski definition) is 1. The minimum Gasteiger partial charge on any atom is -0.477 e. The van der Waals surface area contributed by atoms with Crippen molar-refractivity contribution in [2.24, 2.45) is 0 Å². The number of aromatic nitrogens is 2. The lowest BCUT2D eigenvalue weighted by molar-refractivity contribution is 0.0687. The molecule has 0 saturated carbocycles. The van der Waals surface area contributed by atoms with Crippen LogP contribution >= 0.6 is 11.3 Å². The quantitative estimate of drug-likeness (QED) is 0.797. The SMILES string of the molecule is Cc1ccc(-n2nc(-c3cccs3)cc2C(=O)O)c(C)c1. The smallest absolute Gasteiger partial charge is 0.354 e. The molecule has 0 spiro atoms. The summed E-state index contributed by atoms with van der Waals surface area (Å²) in [5.41, 5.74) is 3.78. The van der Waals surface area contributed by atoms with Crippen LogP contribution in [0.3, 0.4) is 0 Å². The van der Waals surface area contributed by atoms with Crippen LogP contribution in [0.2, 0.25) is 0 Å². The molecule has 0 saturated heterocycles. The Balaban J connectivity index is 2.19. The van der Waals surface area contributed by atoms with E-state index in [0.29, 0.717) is 5.69 Å². The van der Waals surface area contributed by atoms with Gasteiger partial charge in [0.05, 0.1) is 10.6 Å². The number of carboxylic acids is 1. The van der Waals surface area contributed by atoms with E-state index in [1.807, 2.05) is 49.6 Å². The van der Waals surface area contributed by atoms with Gasteiger partial charge in [0.2, 0.25) is 0 Å². The Morgan fingerprint density at radius 3 is 2.67 bits per heavy atom. The third kappa shape index (κ3) is 2.48. The normalized spacial score (nSPS) is 10.8. The molecule has 0 fully saturated rings. The largest absolute Gasteiger partial charge is 0.477 e. The number of carbonyl (C=O) groups is 1. The first kappa shape index (κ1) is 13.6. The highest BCUT2D eigenvalue weighted by Gasteiger charge is 2.18. The number of hydrogen-bond acceptors (Lipinski definition) is 3. The molecule has 0 radical (unpaired) electrons. The van der Waals surface area contributed by atoms with Crippen LogP contribution in [0, 0.1) is 13.8 Å². The van der Waals surface area contributed by atoms with Gasteiger partial charge in [-0.3, -0.25) is 0 Å². The van der Waals surface area contributed by atoms with Gasteiger partial charge in [-0.15, -0.1) is 11.3 Å². The molecule has 3 rings (SSSR count). The van der Waals surface area contributed by atoms with E-state index < -0.39 is 5.97 Å². The van der Waals surface area contributed by atoms with Crippen molar-refractivity contribution in [2.75, 3.05) is 0 Å². The Labute approximate surface area is 126 Å². The van der Waals surface area contributed by atoms with Crippen LogP contribution in [0.15, 0.2) is 41.8 Å². The van der Waals surface area contributed by atoms with E-state index in [4.69, 9.17) is 0 Å². The topological polar surface area (TPSA) is 55.1 Å². The minimum absolute atomic E-state index is 0.172. The molecule has 3 aromatic rings. The van der Waals surface area contributed by atoms with Crippen LogP contribution in [0.25, 0.3) is 16.3 Å². The molecular weight excluding hydrogens is 284 g/mol. The van der Waals surface area contributed by atoms with Crippen molar-refractivity contribution >= 4 is 17.3 Å². The standard InChI is InChI=1S/C16H14N2O2S/c1-10-5-6-13(11(2)8-10)18-14(16(19)20)9-12(17-18)15-4-3-7-21-15/h3-9H,1-2H3,(H,19,20). The van der Waals surface area contributed by atoms with Crippen LogP contribution in [0.1, 0.15) is 21.6 Å². The van der Waals surface area contributed by atoms with Crippen molar-refractivity contribution in [3.63, 3.8) is 0 Å². The molecule has 5 heteroatoms. The lowest BCUT2D eigenvalue weighted by atomic mass is 10.1. The van der Waals surface area contributed by atoms with E-state index in [0.717, 1.165) is 21.7 Å². The van der Waals surface area contributed by atoms with E-state index in [2.05, 4.69) is 5.10 Å². The van der Waals surface area contributed by atoms with Crippen molar-refractivity contribution in [1.29, 1.82) is 0 Å². The zero-order valence-corrected chi connectivity index (χ0v) is 12.5. The van der Waals surface area contributed by atoms with Crippen LogP contribution < -0.4 is 0 Å². The summed E-state index contributed by atoms with van der Waals surface area (Å²) < 4.78 is 1.51. The first-order chi connectivity index (χ1) is 10.1. The Bertz CT molecular complexity index is 804. The van der Waals surface area contributed by atoms with E-state index >= 15 is 0 Å². The number of benzene rings is 1. The average Bonchev–Trinajstić information content (AvgIpc) is 3.07. The average molecular weight is 298 g/mol. The number of carboxylic acid groups (broad SMARTS) is 1. The molecule has 0 aliphatic carbocycles. The summed E-state index contributed by atoms with van der Waals surface area (Å²) >= 11 is 1.54. The highest BCUT2D eigenvalue weighted by Crippen LogP contribution is 2.26. The van der Waals surface area contributed by atoms with E-state index in [-0.39, 0.29) is 5.69 Å². The molecule has 0 unspecified atom stereocenters. The Morgan fingerprint density at radius 1 is 1.24 bits per heavy atom. The van der Waals surface area contributed by atoms with Crippen LogP contribution in [-0.2, 0) is 0 Å². The van der Waals surface area contributed by atoms with Gasteiger partial charge in [0.1, 0.15) is 5.69 Å². The first-order valence-corrected chi connectivity index (χ1v) is 7.39. The predicted octanol–water partition coefficient (Wildman–Crippen LogP) is 3.92. The fourth-order valence-corrected chi connectivity index (χ4v) is 2.99. The fourth-order valence-electron chi connectivity index (χ4n) is 2.30. The number of thiophene rings is 1. The second kappa shape index (κ2) is 5.18. The molecule has 0 amide bonds. The van der Waals surface area contributed by atoms with Crippen LogP contribution in [0.5, 0.6) is 0 Å². The van der Waals surface area contributed by atoms with Gasteiger partial charge < -0.3 is 5.11 Å². The zero-order chi connectivity index (χ0) is 15.0. The second-order valence-electron chi connectivity index (χ2n) is 4.90. The summed E-state index contributed by atoms with van der Waals surface area (Å²) in [5.74, 6) is -0.981. The summed E-state index contributed by atoms with van der Waals surface area (Å²) in [6.45, 7) is 3.97. The molecule has 1 aromatic carbocycles. The molecule has 106 valence electrons. The first-order valence-electron chi connectivity index (χ1n) is 6.51. The maximum absolute atomic E-state index is 11.5. The molecule has 0 aliphatic heterocycles. The van der Waals surface area contributed by atoms with Gasteiger partial charge in [0.15, 0.2) is 5.69 Å². The van der Waals surface area contributed by atoms with Gasteiger partial charge in [0.25, 0.3) is 0 Å². The number of aromatic carboxylic acids is 1. The van der Waals surface area contributed by atoms with Crippen molar-refractivity contribution in [3.8, 4) is 16.3 Å². The number of aryl methyl sites for hydroxylation is 2. The van der Waals surface area contributed by atoms with E-state index in [1.165, 1.54) is 4.68 Å². The number of nitrogens with zero attached hydrogens (tertiary/aromatic N) is 2. The zero-order valence-electron chi connectivity index (χ0n) is 11.7. The van der Waals surface area contributed by atoms with Crippen LogP contribution in [-0.4, -0.2) is 20.9 Å². The van der Waals surface area contributed by atoms with Gasteiger partial charge in [-0.25, -0.2) is 9.48 Å². The van der Waals surface area contributed by atoms with Crippen molar-refractivity contribution < 1.29 is 9.90 Å². The second-order valence-corrected chi connectivity index (χ2v) is 5.85. The number of rotatable bonds is 3. The van der Waals surface area contributed by atoms with Crippen LogP contribution in [0.4, 0.5) is 0 Å². The van der Waals surface area contributed by atoms with Gasteiger partial charge >= 0.3 is 5.97 Å². The molecule has 2 aromatic heterocycles. The minimum atomic E-state index is -0.981. The van der Waals surface area contributed by atoms with E-state index in [1.54, 1.807) is 17.4 Å². The van der Waals surface area contributed by atoms with E-state index in [9.17, 15) is 9.90 Å². The van der Waals surface area contributed by atoms with Gasteiger partial charge in [-0.2, -0.15) is 5.10 Å². The molecular formula is C16H14N2O2S. The third-order valence-electron chi connectivity index (χ3n) is 3.28. The predicted molar refractivity (Wildman–Crippen MR) is 83.3 cm³/mol. The fraction of sp³-hybridized carbons (Fsp3) is 0.125. The molecule has 2 heterocycles. The highest BCUT2D eigenvalue weighted by molar-refractivity contribution is 7.13. The molecule has 21 heavy (non-hydrogen) atoms. The maximum Gasteiger partial charge on any atom is 0.354 e. The Kier molecular flexibility index (Phi) is 3.35. The molecule has 0 atom stereocenters. The summed E-state index contributed by atoms with van der Waals surface area (Å²) in [7, 11) is 0. The summed E-state index contributed by atoms with van der Waals surface area (Å²) in [5, 5.41) is 15.9. The van der Waals surface area contributed by atoms with Gasteiger partial charge in [-0.1, -0.05) is 23.8 Å². The molecule has 0 bridgehead atoms. The Hall–Kier alpha value is -2.40. The van der Waals surface area contributed by atoms with Gasteiger partial charge in [-0.05, 0) is 36.9 Å². The lowest BCUT2D eigenvalue weighted by Crippen LogP contribution is -2.09. The molecule has 4 nitrogen and oxygen atoms in total. The molecule has 0 aliphatic rings. The summed E-state index contributed by atoms with van der Waals surface area (Å²) in [6, 6.07) is 11.4. The molecule has 1 N–H and O–H groups in total. The van der Waals surface area contributed by atoms with Crippen molar-refractivity contribution in [1.82, 2.24) is 9.78 Å². The summed E-state index contributed by atoms with van der Waals surface area (Å²) in [6.07, 6.45) is 0. The lowest BCUT2D eigenvalue weighted by Gasteiger charge is -2.08. The third-order valence-corrected chi connectivity index (χ3v) is 4.17.